The van der Waals surface area contributed by atoms with Crippen molar-refractivity contribution in [3.8, 4) is 0 Å². The molecule has 26 heavy (non-hydrogen) atoms. The Labute approximate surface area is 176 Å². The summed E-state index contributed by atoms with van der Waals surface area (Å²) in [5.74, 6) is 0.122. The van der Waals surface area contributed by atoms with Gasteiger partial charge in [-0.05, 0) is 61.2 Å². The summed E-state index contributed by atoms with van der Waals surface area (Å²) in [4.78, 5) is 12.7. The summed E-state index contributed by atoms with van der Waals surface area (Å²) in [5.41, 5.74) is 1.38. The maximum Gasteiger partial charge on any atom is 0.178 e. The van der Waals surface area contributed by atoms with Gasteiger partial charge in [0, 0.05) is 26.0 Å². The quantitative estimate of drug-likeness (QED) is 0.304. The van der Waals surface area contributed by atoms with Gasteiger partial charge in [0.1, 0.15) is 0 Å². The van der Waals surface area contributed by atoms with E-state index in [0.717, 1.165) is 14.5 Å². The van der Waals surface area contributed by atoms with Gasteiger partial charge in [0.2, 0.25) is 0 Å². The van der Waals surface area contributed by atoms with Crippen molar-refractivity contribution in [3.63, 3.8) is 0 Å². The highest BCUT2D eigenvalue weighted by Gasteiger charge is 2.17. The molecule has 0 radical (unpaired) electrons. The van der Waals surface area contributed by atoms with E-state index in [9.17, 15) is 13.2 Å². The van der Waals surface area contributed by atoms with Gasteiger partial charge in [-0.2, -0.15) is 0 Å². The number of halogens is 3. The lowest BCUT2D eigenvalue weighted by Gasteiger charge is -2.10. The van der Waals surface area contributed by atoms with Gasteiger partial charge >= 0.3 is 0 Å². The van der Waals surface area contributed by atoms with Crippen LogP contribution in [-0.2, 0) is 16.3 Å². The lowest BCUT2D eigenvalue weighted by Crippen LogP contribution is -2.07. The van der Waals surface area contributed by atoms with Crippen molar-refractivity contribution in [2.75, 3.05) is 5.75 Å². The Morgan fingerprint density at radius 2 is 1.69 bits per heavy atom. The zero-order valence-electron chi connectivity index (χ0n) is 14.3. The molecule has 0 aliphatic heterocycles. The molecule has 0 atom stereocenters. The number of hydrogen-bond donors (Lipinski definition) is 0. The second kappa shape index (κ2) is 9.49. The predicted octanol–water partition coefficient (Wildman–Crippen LogP) is 6.25. The first-order valence-corrected chi connectivity index (χ1v) is 11.8. The fraction of sp³-hybridized carbons (Fsp3) is 0.316. The van der Waals surface area contributed by atoms with Crippen molar-refractivity contribution in [2.24, 2.45) is 0 Å². The number of Topliss-reactive ketones (excluding diaryl/α,β-unsaturated/α-hetero) is 1. The highest BCUT2D eigenvalue weighted by atomic mass is 79.9. The Balaban J connectivity index is 2.00. The van der Waals surface area contributed by atoms with Crippen molar-refractivity contribution < 1.29 is 13.2 Å². The van der Waals surface area contributed by atoms with Crippen molar-refractivity contribution in [1.29, 1.82) is 0 Å². The normalized spacial score (nSPS) is 11.5. The summed E-state index contributed by atoms with van der Waals surface area (Å²) in [7, 11) is -3.29. The van der Waals surface area contributed by atoms with Crippen LogP contribution in [0.4, 0.5) is 0 Å². The van der Waals surface area contributed by atoms with E-state index in [2.05, 4.69) is 31.9 Å². The molecule has 0 heterocycles. The molecule has 0 unspecified atom stereocenters. The molecule has 0 aliphatic carbocycles. The predicted molar refractivity (Wildman–Crippen MR) is 113 cm³/mol. The third-order valence-electron chi connectivity index (χ3n) is 4.02. The summed E-state index contributed by atoms with van der Waals surface area (Å²) < 4.78 is 26.1. The molecule has 2 aromatic rings. The molecule has 0 bridgehead atoms. The number of sulfone groups is 1. The van der Waals surface area contributed by atoms with Crippen molar-refractivity contribution in [1.82, 2.24) is 0 Å². The Bertz CT molecular complexity index is 891. The maximum absolute atomic E-state index is 12.3. The number of benzene rings is 2. The van der Waals surface area contributed by atoms with Crippen LogP contribution < -0.4 is 0 Å². The van der Waals surface area contributed by atoms with E-state index >= 15 is 0 Å². The molecule has 0 aliphatic rings. The highest BCUT2D eigenvalue weighted by Crippen LogP contribution is 2.24. The number of unbranched alkanes of at least 4 members (excludes halogenated alkanes) is 1. The molecule has 0 saturated heterocycles. The maximum atomic E-state index is 12.3. The SMILES string of the molecule is CCS(=O)(=O)c1ccc(Cl)cc1CCCCC(=O)c1cc(Br)cc(Br)c1. The molecule has 0 spiro atoms. The Kier molecular flexibility index (Phi) is 7.89. The summed E-state index contributed by atoms with van der Waals surface area (Å²) in [6.07, 6.45) is 2.39. The van der Waals surface area contributed by atoms with Gasteiger partial charge in [0.05, 0.1) is 10.6 Å². The monoisotopic (exact) mass is 520 g/mol. The van der Waals surface area contributed by atoms with Crippen molar-refractivity contribution in [2.45, 2.75) is 37.5 Å². The molecular weight excluding hydrogens is 504 g/mol. The van der Waals surface area contributed by atoms with E-state index in [1.54, 1.807) is 37.3 Å². The largest absolute Gasteiger partial charge is 0.294 e. The first-order valence-electron chi connectivity index (χ1n) is 8.23. The van der Waals surface area contributed by atoms with Crippen LogP contribution in [-0.4, -0.2) is 20.0 Å². The van der Waals surface area contributed by atoms with Crippen LogP contribution in [0.5, 0.6) is 0 Å². The van der Waals surface area contributed by atoms with Crippen LogP contribution >= 0.6 is 43.5 Å². The lowest BCUT2D eigenvalue weighted by atomic mass is 10.0. The van der Waals surface area contributed by atoms with Crippen LogP contribution in [0.15, 0.2) is 50.2 Å². The van der Waals surface area contributed by atoms with E-state index in [1.165, 1.54) is 0 Å². The Morgan fingerprint density at radius 3 is 2.31 bits per heavy atom. The molecule has 2 aromatic carbocycles. The number of carbonyl (C=O) groups excluding carboxylic acids is 1. The second-order valence-electron chi connectivity index (χ2n) is 5.94. The van der Waals surface area contributed by atoms with E-state index in [0.29, 0.717) is 41.2 Å². The minimum atomic E-state index is -3.29. The molecule has 0 aromatic heterocycles. The summed E-state index contributed by atoms with van der Waals surface area (Å²) in [6.45, 7) is 1.63. The fourth-order valence-electron chi connectivity index (χ4n) is 2.66. The molecule has 2 rings (SSSR count). The zero-order chi connectivity index (χ0) is 19.3. The second-order valence-corrected chi connectivity index (χ2v) is 10.5. The van der Waals surface area contributed by atoms with Gasteiger partial charge < -0.3 is 0 Å². The molecule has 0 fully saturated rings. The Morgan fingerprint density at radius 1 is 1.04 bits per heavy atom. The molecule has 140 valence electrons. The van der Waals surface area contributed by atoms with Crippen molar-refractivity contribution >= 4 is 59.1 Å². The van der Waals surface area contributed by atoms with Crippen molar-refractivity contribution in [3.05, 3.63) is 61.5 Å². The molecule has 0 amide bonds. The number of ketones is 1. The zero-order valence-corrected chi connectivity index (χ0v) is 19.0. The average molecular weight is 523 g/mol. The third kappa shape index (κ3) is 5.91. The van der Waals surface area contributed by atoms with E-state index < -0.39 is 9.84 Å². The van der Waals surface area contributed by atoms with Gasteiger partial charge in [0.15, 0.2) is 15.6 Å². The van der Waals surface area contributed by atoms with E-state index in [-0.39, 0.29) is 11.5 Å². The third-order valence-corrected chi connectivity index (χ3v) is 7.00. The van der Waals surface area contributed by atoms with Gasteiger partial charge in [0.25, 0.3) is 0 Å². The molecule has 0 N–H and O–H groups in total. The van der Waals surface area contributed by atoms with Crippen LogP contribution in [0.25, 0.3) is 0 Å². The van der Waals surface area contributed by atoms with E-state index in [1.807, 2.05) is 6.07 Å². The van der Waals surface area contributed by atoms with E-state index in [4.69, 9.17) is 11.6 Å². The van der Waals surface area contributed by atoms with Crippen LogP contribution in [0, 0.1) is 0 Å². The van der Waals surface area contributed by atoms with Crippen LogP contribution in [0.1, 0.15) is 42.1 Å². The lowest BCUT2D eigenvalue weighted by molar-refractivity contribution is 0.0979. The molecule has 3 nitrogen and oxygen atoms in total. The van der Waals surface area contributed by atoms with Gasteiger partial charge in [-0.15, -0.1) is 0 Å². The number of aryl methyl sites for hydroxylation is 1. The van der Waals surface area contributed by atoms with Gasteiger partial charge in [-0.25, -0.2) is 8.42 Å². The highest BCUT2D eigenvalue weighted by molar-refractivity contribution is 9.11. The summed E-state index contributed by atoms with van der Waals surface area (Å²) in [6, 6.07) is 10.4. The molecule has 0 saturated carbocycles. The smallest absolute Gasteiger partial charge is 0.178 e. The van der Waals surface area contributed by atoms with Crippen LogP contribution in [0.2, 0.25) is 5.02 Å². The number of hydrogen-bond acceptors (Lipinski definition) is 3. The standard InChI is InChI=1S/C19H19Br2ClO3S/c1-2-26(24,25)19-8-7-17(22)11-13(19)5-3-4-6-18(23)14-9-15(20)12-16(21)10-14/h7-12H,2-6H2,1H3. The Hall–Kier alpha value is -0.690. The summed E-state index contributed by atoms with van der Waals surface area (Å²) >= 11 is 12.8. The minimum Gasteiger partial charge on any atom is -0.294 e. The molecular formula is C19H19Br2ClO3S. The van der Waals surface area contributed by atoms with Gasteiger partial charge in [-0.3, -0.25) is 4.79 Å². The minimum absolute atomic E-state index is 0.0535. The fourth-order valence-corrected chi connectivity index (χ4v) is 5.30. The number of carbonyl (C=O) groups is 1. The first-order chi connectivity index (χ1) is 12.2. The topological polar surface area (TPSA) is 51.2 Å². The number of rotatable bonds is 8. The summed E-state index contributed by atoms with van der Waals surface area (Å²) in [5, 5.41) is 0.519. The van der Waals surface area contributed by atoms with Gasteiger partial charge in [-0.1, -0.05) is 50.4 Å². The van der Waals surface area contributed by atoms with Crippen LogP contribution in [0.3, 0.4) is 0 Å². The first kappa shape index (κ1) is 21.6. The average Bonchev–Trinajstić information content (AvgIpc) is 2.57. The molecule has 7 heteroatoms.